The fourth-order valence-electron chi connectivity index (χ4n) is 4.01. The van der Waals surface area contributed by atoms with Crippen molar-refractivity contribution in [3.8, 4) is 0 Å². The number of phosphoric acid groups is 1. The van der Waals surface area contributed by atoms with Gasteiger partial charge in [0.05, 0.1) is 24.2 Å². The average molecular weight is 473 g/mol. The van der Waals surface area contributed by atoms with Crippen molar-refractivity contribution >= 4 is 13.8 Å². The molecule has 32 heavy (non-hydrogen) atoms. The van der Waals surface area contributed by atoms with E-state index in [4.69, 9.17) is 28.8 Å². The molecule has 0 bridgehead atoms. The minimum absolute atomic E-state index is 0.172. The van der Waals surface area contributed by atoms with E-state index in [0.717, 1.165) is 4.57 Å². The molecule has 1 aliphatic carbocycles. The van der Waals surface area contributed by atoms with Crippen molar-refractivity contribution in [2.45, 2.75) is 64.2 Å². The highest BCUT2D eigenvalue weighted by atomic mass is 31.2. The number of H-pyrrole nitrogens is 1. The van der Waals surface area contributed by atoms with Gasteiger partial charge in [-0.25, -0.2) is 9.36 Å². The Hall–Kier alpha value is -1.82. The van der Waals surface area contributed by atoms with Crippen molar-refractivity contribution in [3.05, 3.63) is 33.1 Å². The number of nitrogens with zero attached hydrogens (tertiary/aromatic N) is 1. The Morgan fingerprint density at radius 3 is 2.69 bits per heavy atom. The summed E-state index contributed by atoms with van der Waals surface area (Å²) in [5, 5.41) is 0. The molecule has 12 nitrogen and oxygen atoms in total. The van der Waals surface area contributed by atoms with Gasteiger partial charge in [-0.05, 0) is 26.7 Å². The summed E-state index contributed by atoms with van der Waals surface area (Å²) in [6.45, 7) is 8.61. The lowest BCUT2D eigenvalue weighted by molar-refractivity contribution is -0.157. The third kappa shape index (κ3) is 3.49. The number of fused-ring (bicyclic) bond motifs is 1. The lowest BCUT2D eigenvalue weighted by atomic mass is 9.92. The molecular formula is C19H28N3O9P. The number of rotatable bonds is 7. The lowest BCUT2D eigenvalue weighted by Crippen LogP contribution is -2.57. The lowest BCUT2D eigenvalue weighted by Gasteiger charge is -2.33. The van der Waals surface area contributed by atoms with E-state index in [1.807, 2.05) is 13.8 Å². The van der Waals surface area contributed by atoms with Crippen LogP contribution in [0.4, 0.5) is 0 Å². The van der Waals surface area contributed by atoms with Gasteiger partial charge in [-0.1, -0.05) is 13.8 Å². The van der Waals surface area contributed by atoms with E-state index >= 15 is 0 Å². The van der Waals surface area contributed by atoms with Crippen LogP contribution < -0.4 is 17.0 Å². The summed E-state index contributed by atoms with van der Waals surface area (Å²) in [6.07, 6.45) is -1.15. The molecule has 0 amide bonds. The largest absolute Gasteiger partial charge is 0.476 e. The number of esters is 1. The minimum atomic E-state index is -4.06. The number of aromatic nitrogens is 2. The van der Waals surface area contributed by atoms with Gasteiger partial charge in [0.25, 0.3) is 5.56 Å². The number of hydrogen-bond donors (Lipinski definition) is 2. The number of nitrogens with two attached hydrogens (primary N) is 1. The summed E-state index contributed by atoms with van der Waals surface area (Å²) < 4.78 is 42.1. The molecule has 2 aliphatic heterocycles. The molecule has 3 heterocycles. The van der Waals surface area contributed by atoms with Gasteiger partial charge in [-0.15, -0.1) is 0 Å². The first-order chi connectivity index (χ1) is 14.7. The number of ether oxygens (including phenoxy) is 2. The van der Waals surface area contributed by atoms with Crippen molar-refractivity contribution in [1.82, 2.24) is 9.55 Å². The molecule has 178 valence electrons. The smallest absolute Gasteiger partial charge is 0.465 e. The molecule has 3 fully saturated rings. The molecule has 13 heteroatoms. The van der Waals surface area contributed by atoms with Crippen LogP contribution in [0.25, 0.3) is 0 Å². The fourth-order valence-corrected chi connectivity index (χ4v) is 5.96. The van der Waals surface area contributed by atoms with Crippen molar-refractivity contribution in [3.63, 3.8) is 0 Å². The van der Waals surface area contributed by atoms with E-state index in [0.29, 0.717) is 0 Å². The highest BCUT2D eigenvalue weighted by Crippen LogP contribution is 2.77. The SMILES string of the molecule is CC(C)COC(=O)C(C)(C)CO[P@@]1(=O)OC2[C@H]3O[C@@H](n4ccc(=O)[nH]c4=O)[C@](C)(N)[C@@]23O1. The standard InChI is InChI=1S/C19H28N3O9P/c1-10(2)8-27-15(24)17(3,4)9-28-32(26)30-13-12-19(13,31-32)18(5,20)14(29-12)22-7-6-11(23)21-16(22)25/h6-7,10,12-14H,8-9,20H2,1-5H3,(H,21,23,25)/t12-,13?,14-,18+,19+,32+/m1/s1. The Bertz CT molecular complexity index is 1090. The van der Waals surface area contributed by atoms with Gasteiger partial charge >= 0.3 is 19.5 Å². The van der Waals surface area contributed by atoms with Gasteiger partial charge in [0.1, 0.15) is 12.2 Å². The van der Waals surface area contributed by atoms with Crippen LogP contribution in [0.3, 0.4) is 0 Å². The predicted molar refractivity (Wildman–Crippen MR) is 110 cm³/mol. The molecular weight excluding hydrogens is 445 g/mol. The van der Waals surface area contributed by atoms with E-state index in [9.17, 15) is 18.9 Å². The number of carbonyl (C=O) groups excluding carboxylic acids is 1. The minimum Gasteiger partial charge on any atom is -0.465 e. The summed E-state index contributed by atoms with van der Waals surface area (Å²) in [4.78, 5) is 38.0. The Morgan fingerprint density at radius 1 is 1.38 bits per heavy atom. The van der Waals surface area contributed by atoms with E-state index in [-0.39, 0.29) is 19.1 Å². The molecule has 1 unspecified atom stereocenters. The normalized spacial score (nSPS) is 37.9. The first kappa shape index (κ1) is 23.3. The third-order valence-corrected chi connectivity index (χ3v) is 7.39. The third-order valence-electron chi connectivity index (χ3n) is 5.93. The van der Waals surface area contributed by atoms with Gasteiger partial charge in [0, 0.05) is 12.3 Å². The Morgan fingerprint density at radius 2 is 2.06 bits per heavy atom. The van der Waals surface area contributed by atoms with Crippen LogP contribution in [0.15, 0.2) is 21.9 Å². The van der Waals surface area contributed by atoms with Gasteiger partial charge in [-0.3, -0.25) is 32.7 Å². The highest BCUT2D eigenvalue weighted by molar-refractivity contribution is 7.48. The molecule has 0 aromatic carbocycles. The monoisotopic (exact) mass is 473 g/mol. The van der Waals surface area contributed by atoms with E-state index in [1.54, 1.807) is 20.8 Å². The van der Waals surface area contributed by atoms with Crippen LogP contribution in [0.1, 0.15) is 40.8 Å². The maximum absolute atomic E-state index is 13.1. The number of nitrogens with one attached hydrogen (secondary N) is 1. The number of hydrogen-bond acceptors (Lipinski definition) is 10. The first-order valence-corrected chi connectivity index (χ1v) is 11.8. The Balaban J connectivity index is 1.46. The summed E-state index contributed by atoms with van der Waals surface area (Å²) in [6, 6.07) is 1.17. The number of phosphoric ester groups is 1. The van der Waals surface area contributed by atoms with Crippen molar-refractivity contribution < 1.29 is 32.4 Å². The van der Waals surface area contributed by atoms with Gasteiger partial charge in [0.15, 0.2) is 11.8 Å². The molecule has 4 rings (SSSR count). The predicted octanol–water partition coefficient (Wildman–Crippen LogP) is 0.669. The van der Waals surface area contributed by atoms with Crippen molar-refractivity contribution in [2.24, 2.45) is 17.1 Å². The molecule has 1 aromatic rings. The number of aromatic amines is 1. The van der Waals surface area contributed by atoms with Gasteiger partial charge in [-0.2, -0.15) is 0 Å². The van der Waals surface area contributed by atoms with Gasteiger partial charge < -0.3 is 15.2 Å². The van der Waals surface area contributed by atoms with Gasteiger partial charge in [0.2, 0.25) is 0 Å². The second-order valence-electron chi connectivity index (χ2n) is 9.72. The summed E-state index contributed by atoms with van der Waals surface area (Å²) >= 11 is 0. The topological polar surface area (TPSA) is 161 Å². The second-order valence-corrected chi connectivity index (χ2v) is 11.3. The fraction of sp³-hybridized carbons (Fsp3) is 0.737. The molecule has 1 spiro atoms. The Labute approximate surface area is 183 Å². The zero-order chi connectivity index (χ0) is 23.7. The average Bonchev–Trinajstić information content (AvgIpc) is 3.01. The molecule has 0 radical (unpaired) electrons. The Kier molecular flexibility index (Phi) is 5.36. The summed E-state index contributed by atoms with van der Waals surface area (Å²) in [5.41, 5.74) is 1.52. The van der Waals surface area contributed by atoms with Crippen LogP contribution in [-0.2, 0) is 32.4 Å². The first-order valence-electron chi connectivity index (χ1n) is 10.3. The molecule has 2 saturated heterocycles. The quantitative estimate of drug-likeness (QED) is 0.425. The highest BCUT2D eigenvalue weighted by Gasteiger charge is 2.89. The zero-order valence-electron chi connectivity index (χ0n) is 18.5. The molecule has 1 saturated carbocycles. The van der Waals surface area contributed by atoms with Crippen molar-refractivity contribution in [1.29, 1.82) is 0 Å². The molecule has 6 atom stereocenters. The maximum Gasteiger partial charge on any atom is 0.476 e. The van der Waals surface area contributed by atoms with E-state index < -0.39 is 60.0 Å². The maximum atomic E-state index is 13.1. The van der Waals surface area contributed by atoms with E-state index in [1.165, 1.54) is 12.3 Å². The molecule has 1 aromatic heterocycles. The zero-order valence-corrected chi connectivity index (χ0v) is 19.4. The summed E-state index contributed by atoms with van der Waals surface area (Å²) in [7, 11) is -4.06. The van der Waals surface area contributed by atoms with Crippen LogP contribution in [0, 0.1) is 11.3 Å². The second kappa shape index (κ2) is 7.34. The van der Waals surface area contributed by atoms with E-state index in [2.05, 4.69) is 4.98 Å². The van der Waals surface area contributed by atoms with Crippen molar-refractivity contribution in [2.75, 3.05) is 13.2 Å². The van der Waals surface area contributed by atoms with Crippen LogP contribution >= 0.6 is 7.82 Å². The molecule has 3 N–H and O–H groups in total. The van der Waals surface area contributed by atoms with Crippen LogP contribution in [0.2, 0.25) is 0 Å². The molecule has 3 aliphatic rings. The number of carbonyl (C=O) groups is 1. The van der Waals surface area contributed by atoms with Crippen LogP contribution in [0.5, 0.6) is 0 Å². The summed E-state index contributed by atoms with van der Waals surface area (Å²) in [5.74, 6) is -0.324. The van der Waals surface area contributed by atoms with Crippen LogP contribution in [-0.4, -0.2) is 52.1 Å².